The van der Waals surface area contributed by atoms with Gasteiger partial charge in [0.15, 0.2) is 0 Å². The number of aromatic nitrogens is 3. The molecule has 4 heterocycles. The summed E-state index contributed by atoms with van der Waals surface area (Å²) in [4.78, 5) is 9.29. The summed E-state index contributed by atoms with van der Waals surface area (Å²) in [5, 5.41) is 5.07. The number of ether oxygens (including phenoxy) is 1. The first-order valence-electron chi connectivity index (χ1n) is 18.6. The van der Waals surface area contributed by atoms with Gasteiger partial charge in [0.05, 0.1) is 8.07 Å². The molecular weight excluding hydrogens is 879 g/mol. The van der Waals surface area contributed by atoms with E-state index < -0.39 is 8.07 Å². The molecule has 1 aliphatic rings. The van der Waals surface area contributed by atoms with Crippen LogP contribution in [-0.4, -0.2) is 22.6 Å². The van der Waals surface area contributed by atoms with Crippen LogP contribution in [0.3, 0.4) is 0 Å². The van der Waals surface area contributed by atoms with Crippen molar-refractivity contribution in [1.82, 2.24) is 14.5 Å². The molecule has 0 fully saturated rings. The van der Waals surface area contributed by atoms with Crippen LogP contribution in [-0.2, 0) is 20.1 Å². The van der Waals surface area contributed by atoms with Gasteiger partial charge in [0.2, 0.25) is 0 Å². The first kappa shape index (κ1) is 37.0. The molecule has 0 saturated carbocycles. The van der Waals surface area contributed by atoms with Crippen LogP contribution in [0.5, 0.6) is 11.5 Å². The van der Waals surface area contributed by atoms with E-state index in [9.17, 15) is 0 Å². The Morgan fingerprint density at radius 3 is 2.07 bits per heavy atom. The van der Waals surface area contributed by atoms with Crippen molar-refractivity contribution in [3.8, 4) is 50.8 Å². The zero-order valence-corrected chi connectivity index (χ0v) is 35.1. The zero-order valence-electron chi connectivity index (χ0n) is 31.7. The van der Waals surface area contributed by atoms with E-state index >= 15 is 0 Å². The molecule has 1 radical (unpaired) electrons. The molecule has 275 valence electrons. The smallest absolute Gasteiger partial charge is 0.123 e. The van der Waals surface area contributed by atoms with Crippen molar-refractivity contribution in [1.29, 1.82) is 0 Å². The third-order valence-electron chi connectivity index (χ3n) is 10.5. The summed E-state index contributed by atoms with van der Waals surface area (Å²) in [5.41, 5.74) is 12.4. The molecule has 0 aliphatic carbocycles. The molecule has 10 rings (SSSR count). The zero-order chi connectivity index (χ0) is 37.5. The quantitative estimate of drug-likeness (QED) is 0.130. The largest absolute Gasteiger partial charge is 0.477 e. The van der Waals surface area contributed by atoms with Gasteiger partial charge in [0, 0.05) is 49.5 Å². The maximum absolute atomic E-state index is 6.28. The second kappa shape index (κ2) is 15.3. The van der Waals surface area contributed by atoms with Gasteiger partial charge in [-0.15, -0.1) is 47.5 Å². The van der Waals surface area contributed by atoms with Crippen molar-refractivity contribution in [3.05, 3.63) is 187 Å². The molecule has 1 aliphatic heterocycles. The van der Waals surface area contributed by atoms with E-state index in [1.54, 1.807) is 0 Å². The summed E-state index contributed by atoms with van der Waals surface area (Å²) in [7, 11) is -1.95. The first-order valence-corrected chi connectivity index (χ1v) is 21.6. The predicted molar refractivity (Wildman–Crippen MR) is 230 cm³/mol. The molecule has 9 aromatic rings. The Morgan fingerprint density at radius 1 is 0.571 bits per heavy atom. The summed E-state index contributed by atoms with van der Waals surface area (Å²) in [6.07, 6.45) is 3.73. The number of rotatable bonds is 4. The van der Waals surface area contributed by atoms with Gasteiger partial charge in [-0.3, -0.25) is 0 Å². The fourth-order valence-electron chi connectivity index (χ4n) is 8.10. The van der Waals surface area contributed by atoms with Crippen molar-refractivity contribution in [2.75, 3.05) is 0 Å². The number of hydrogen-bond donors (Lipinski definition) is 0. The summed E-state index contributed by atoms with van der Waals surface area (Å²) in [5.74, 6) is 1.92. The van der Waals surface area contributed by atoms with E-state index in [2.05, 4.69) is 158 Å². The van der Waals surface area contributed by atoms with Gasteiger partial charge in [0.25, 0.3) is 0 Å². The second-order valence-corrected chi connectivity index (χ2v) is 18.9. The molecule has 0 amide bonds. The van der Waals surface area contributed by atoms with Crippen LogP contribution in [0.25, 0.3) is 61.1 Å². The van der Waals surface area contributed by atoms with Gasteiger partial charge in [-0.05, 0) is 100.0 Å². The second-order valence-electron chi connectivity index (χ2n) is 14.6. The van der Waals surface area contributed by atoms with E-state index in [1.165, 1.54) is 49.0 Å². The molecule has 6 aromatic carbocycles. The monoisotopic (exact) mass is 918 g/mol. The average molecular weight is 918 g/mol. The summed E-state index contributed by atoms with van der Waals surface area (Å²) >= 11 is 0. The number of nitrogens with zero attached hydrogens (tertiary/aromatic N) is 3. The van der Waals surface area contributed by atoms with E-state index in [0.29, 0.717) is 0 Å². The van der Waals surface area contributed by atoms with Crippen molar-refractivity contribution in [2.45, 2.75) is 26.9 Å². The van der Waals surface area contributed by atoms with Crippen LogP contribution in [0.2, 0.25) is 13.1 Å². The number of pyridine rings is 2. The maximum Gasteiger partial charge on any atom is 0.123 e. The number of benzene rings is 6. The molecule has 6 heteroatoms. The normalized spacial score (nSPS) is 12.4. The van der Waals surface area contributed by atoms with Crippen LogP contribution in [0, 0.1) is 26.0 Å². The molecule has 0 spiro atoms. The minimum Gasteiger partial charge on any atom is -0.477 e. The van der Waals surface area contributed by atoms with Crippen LogP contribution in [0.4, 0.5) is 0 Å². The molecule has 4 nitrogen and oxygen atoms in total. The van der Waals surface area contributed by atoms with Gasteiger partial charge in [-0.1, -0.05) is 115 Å². The van der Waals surface area contributed by atoms with Gasteiger partial charge in [-0.2, -0.15) is 0 Å². The average Bonchev–Trinajstić information content (AvgIpc) is 3.56. The Balaban J connectivity index is 0.000000155. The number of hydrogen-bond acceptors (Lipinski definition) is 3. The number of para-hydroxylation sites is 2. The predicted octanol–water partition coefficient (Wildman–Crippen LogP) is 11.4. The van der Waals surface area contributed by atoms with Gasteiger partial charge in [0.1, 0.15) is 5.75 Å². The molecular formula is C50H39IrN3OSi-2. The van der Waals surface area contributed by atoms with Gasteiger partial charge in [-0.25, -0.2) is 0 Å². The van der Waals surface area contributed by atoms with Crippen LogP contribution < -0.4 is 15.1 Å². The van der Waals surface area contributed by atoms with Crippen molar-refractivity contribution in [2.24, 2.45) is 0 Å². The Morgan fingerprint density at radius 2 is 1.27 bits per heavy atom. The molecule has 0 N–H and O–H groups in total. The van der Waals surface area contributed by atoms with E-state index in [4.69, 9.17) is 9.72 Å². The first-order chi connectivity index (χ1) is 26.9. The Bertz CT molecular complexity index is 2830. The minimum absolute atomic E-state index is 0. The van der Waals surface area contributed by atoms with Crippen molar-refractivity contribution < 1.29 is 24.8 Å². The summed E-state index contributed by atoms with van der Waals surface area (Å²) in [6.45, 7) is 9.06. The van der Waals surface area contributed by atoms with E-state index in [1.807, 2.05) is 54.9 Å². The van der Waals surface area contributed by atoms with Crippen LogP contribution >= 0.6 is 0 Å². The SMILES string of the molecule is C[Si]1(C)c2ccccc2Oc2cc[c-]c(-c3cc(-c4ccccc4)ccn3)c21.Cc1cc(C)cc(-n2c3ccccc3c3cc[c-]c(-c4ccccn4)c32)c1.[Ir]. The number of aryl methyl sites for hydroxylation is 2. The minimum atomic E-state index is -1.95. The van der Waals surface area contributed by atoms with Crippen LogP contribution in [0.15, 0.2) is 164 Å². The third-order valence-corrected chi connectivity index (χ3v) is 14.0. The molecule has 0 saturated heterocycles. The van der Waals surface area contributed by atoms with E-state index in [-0.39, 0.29) is 20.1 Å². The van der Waals surface area contributed by atoms with Crippen molar-refractivity contribution >= 4 is 40.3 Å². The third kappa shape index (κ3) is 6.71. The maximum atomic E-state index is 6.28. The Labute approximate surface area is 342 Å². The van der Waals surface area contributed by atoms with Crippen molar-refractivity contribution in [3.63, 3.8) is 0 Å². The Hall–Kier alpha value is -5.91. The van der Waals surface area contributed by atoms with Gasteiger partial charge >= 0.3 is 0 Å². The van der Waals surface area contributed by atoms with Gasteiger partial charge < -0.3 is 19.3 Å². The Kier molecular flexibility index (Phi) is 10.1. The van der Waals surface area contributed by atoms with E-state index in [0.717, 1.165) is 45.1 Å². The molecule has 3 aromatic heterocycles. The topological polar surface area (TPSA) is 39.9 Å². The standard InChI is InChI=1S/C25H19N2.C25H20NOSi.Ir/c1-17-14-18(2)16-19(15-17)27-24-12-4-3-8-20(24)21-9-7-10-22(25(21)27)23-11-5-6-13-26-23;1-28(2)24-14-7-6-12-22(24)27-23-13-8-11-20(25(23)28)21-17-19(15-16-26-21)18-9-4-3-5-10-18;/h3-9,11-16H,1-2H3;3-10,12-17H,1-2H3;/q2*-1;. The molecule has 56 heavy (non-hydrogen) atoms. The summed E-state index contributed by atoms with van der Waals surface area (Å²) < 4.78 is 8.63. The molecule has 0 bridgehead atoms. The molecule has 0 unspecified atom stereocenters. The fraction of sp³-hybridized carbons (Fsp3) is 0.0800. The number of fused-ring (bicyclic) bond motifs is 5. The molecule has 0 atom stereocenters. The summed E-state index contributed by atoms with van der Waals surface area (Å²) in [6, 6.07) is 59.4. The van der Waals surface area contributed by atoms with Crippen LogP contribution in [0.1, 0.15) is 11.1 Å². The fourth-order valence-corrected chi connectivity index (χ4v) is 11.2.